The molecule has 1 unspecified atom stereocenters. The van der Waals surface area contributed by atoms with Crippen molar-refractivity contribution >= 4 is 5.69 Å². The van der Waals surface area contributed by atoms with E-state index in [2.05, 4.69) is 55.4 Å². The number of anilines is 1. The molecule has 0 bridgehead atoms. The number of hydrogen-bond donors (Lipinski definition) is 1. The molecule has 0 saturated carbocycles. The third-order valence-corrected chi connectivity index (χ3v) is 3.67. The van der Waals surface area contributed by atoms with Gasteiger partial charge in [0.2, 0.25) is 0 Å². The second kappa shape index (κ2) is 5.54. The highest BCUT2D eigenvalue weighted by Gasteiger charge is 2.23. The van der Waals surface area contributed by atoms with Gasteiger partial charge in [-0.15, -0.1) is 0 Å². The van der Waals surface area contributed by atoms with Gasteiger partial charge in [-0.1, -0.05) is 32.0 Å². The van der Waals surface area contributed by atoms with Gasteiger partial charge in [-0.3, -0.25) is 0 Å². The van der Waals surface area contributed by atoms with Gasteiger partial charge in [-0.25, -0.2) is 0 Å². The van der Waals surface area contributed by atoms with Crippen LogP contribution in [0, 0.1) is 5.92 Å². The van der Waals surface area contributed by atoms with Crippen LogP contribution in [0.25, 0.3) is 0 Å². The smallest absolute Gasteiger partial charge is 0.0414 e. The summed E-state index contributed by atoms with van der Waals surface area (Å²) in [7, 11) is 2.06. The minimum atomic E-state index is 0.529. The molecule has 1 aromatic carbocycles. The van der Waals surface area contributed by atoms with E-state index in [0.717, 1.165) is 5.92 Å². The number of benzene rings is 1. The average Bonchev–Trinajstić information content (AvgIpc) is 2.35. The third kappa shape index (κ3) is 2.81. The van der Waals surface area contributed by atoms with Gasteiger partial charge in [-0.2, -0.15) is 0 Å². The van der Waals surface area contributed by atoms with Crippen LogP contribution in [-0.2, 0) is 0 Å². The maximum Gasteiger partial charge on any atom is 0.0414 e. The predicted octanol–water partition coefficient (Wildman–Crippen LogP) is 3.20. The molecule has 0 spiro atoms. The minimum absolute atomic E-state index is 0.529. The molecule has 0 amide bonds. The van der Waals surface area contributed by atoms with Crippen molar-refractivity contribution in [3.8, 4) is 0 Å². The molecule has 2 heteroatoms. The maximum atomic E-state index is 3.42. The predicted molar refractivity (Wildman–Crippen MR) is 74.5 cm³/mol. The lowest BCUT2D eigenvalue weighted by atomic mass is 9.96. The van der Waals surface area contributed by atoms with Crippen molar-refractivity contribution in [1.29, 1.82) is 0 Å². The van der Waals surface area contributed by atoms with Gasteiger partial charge in [0.15, 0.2) is 0 Å². The molecule has 0 fully saturated rings. The molecule has 1 atom stereocenters. The Hall–Kier alpha value is -1.02. The topological polar surface area (TPSA) is 15.3 Å². The minimum Gasteiger partial charge on any atom is -0.371 e. The summed E-state index contributed by atoms with van der Waals surface area (Å²) in [6.45, 7) is 6.96. The highest BCUT2D eigenvalue weighted by atomic mass is 15.1. The van der Waals surface area contributed by atoms with Crippen molar-refractivity contribution < 1.29 is 0 Å². The first-order valence-corrected chi connectivity index (χ1v) is 6.73. The van der Waals surface area contributed by atoms with Crippen molar-refractivity contribution in [3.05, 3.63) is 29.8 Å². The standard InChI is InChI=1S/C15H24N2/c1-12(2)8-10-17-11-9-14(16-3)13-6-4-5-7-15(13)17/h4-7,12,14,16H,8-11H2,1-3H3. The Morgan fingerprint density at radius 2 is 2.12 bits per heavy atom. The van der Waals surface area contributed by atoms with Crippen LogP contribution >= 0.6 is 0 Å². The Bertz CT molecular complexity index is 360. The second-order valence-electron chi connectivity index (χ2n) is 5.36. The number of nitrogens with zero attached hydrogens (tertiary/aromatic N) is 1. The van der Waals surface area contributed by atoms with Crippen LogP contribution < -0.4 is 10.2 Å². The van der Waals surface area contributed by atoms with Gasteiger partial charge in [-0.05, 0) is 37.4 Å². The molecule has 1 aliphatic rings. The normalized spacial score (nSPS) is 19.5. The van der Waals surface area contributed by atoms with Crippen molar-refractivity contribution in [2.75, 3.05) is 25.0 Å². The van der Waals surface area contributed by atoms with Crippen LogP contribution in [0.4, 0.5) is 5.69 Å². The van der Waals surface area contributed by atoms with Crippen LogP contribution in [0.1, 0.15) is 38.3 Å². The molecule has 1 N–H and O–H groups in total. The van der Waals surface area contributed by atoms with E-state index in [1.165, 1.54) is 37.2 Å². The summed E-state index contributed by atoms with van der Waals surface area (Å²) >= 11 is 0. The molecule has 0 radical (unpaired) electrons. The van der Waals surface area contributed by atoms with E-state index in [4.69, 9.17) is 0 Å². The largest absolute Gasteiger partial charge is 0.371 e. The second-order valence-corrected chi connectivity index (χ2v) is 5.36. The van der Waals surface area contributed by atoms with Crippen molar-refractivity contribution in [2.24, 2.45) is 5.92 Å². The van der Waals surface area contributed by atoms with E-state index in [1.54, 1.807) is 0 Å². The Morgan fingerprint density at radius 1 is 1.35 bits per heavy atom. The molecule has 1 aromatic rings. The number of para-hydroxylation sites is 1. The zero-order chi connectivity index (χ0) is 12.3. The lowest BCUT2D eigenvalue weighted by Crippen LogP contribution is -2.35. The lowest BCUT2D eigenvalue weighted by molar-refractivity contribution is 0.497. The molecule has 17 heavy (non-hydrogen) atoms. The van der Waals surface area contributed by atoms with Crippen LogP contribution in [0.5, 0.6) is 0 Å². The van der Waals surface area contributed by atoms with E-state index in [1.807, 2.05) is 0 Å². The van der Waals surface area contributed by atoms with Gasteiger partial charge in [0.1, 0.15) is 0 Å². The Balaban J connectivity index is 2.16. The SMILES string of the molecule is CNC1CCN(CCC(C)C)c2ccccc21. The first kappa shape index (κ1) is 12.4. The maximum absolute atomic E-state index is 3.42. The number of hydrogen-bond acceptors (Lipinski definition) is 2. The molecular weight excluding hydrogens is 208 g/mol. The summed E-state index contributed by atoms with van der Waals surface area (Å²) < 4.78 is 0. The first-order valence-electron chi connectivity index (χ1n) is 6.73. The highest BCUT2D eigenvalue weighted by molar-refractivity contribution is 5.56. The van der Waals surface area contributed by atoms with E-state index in [0.29, 0.717) is 6.04 Å². The summed E-state index contributed by atoms with van der Waals surface area (Å²) in [6.07, 6.45) is 2.49. The lowest BCUT2D eigenvalue weighted by Gasteiger charge is -2.36. The summed E-state index contributed by atoms with van der Waals surface area (Å²) in [5, 5.41) is 3.42. The van der Waals surface area contributed by atoms with E-state index >= 15 is 0 Å². The monoisotopic (exact) mass is 232 g/mol. The summed E-state index contributed by atoms with van der Waals surface area (Å²) in [5.74, 6) is 0.782. The van der Waals surface area contributed by atoms with Crippen molar-refractivity contribution in [2.45, 2.75) is 32.7 Å². The van der Waals surface area contributed by atoms with E-state index in [-0.39, 0.29) is 0 Å². The quantitative estimate of drug-likeness (QED) is 0.857. The summed E-state index contributed by atoms with van der Waals surface area (Å²) in [4.78, 5) is 2.54. The van der Waals surface area contributed by atoms with E-state index < -0.39 is 0 Å². The van der Waals surface area contributed by atoms with Crippen LogP contribution in [0.15, 0.2) is 24.3 Å². The molecule has 2 nitrogen and oxygen atoms in total. The Kier molecular flexibility index (Phi) is 4.06. The fourth-order valence-electron chi connectivity index (χ4n) is 2.58. The van der Waals surface area contributed by atoms with Crippen molar-refractivity contribution in [3.63, 3.8) is 0 Å². The van der Waals surface area contributed by atoms with Gasteiger partial charge in [0.05, 0.1) is 0 Å². The van der Waals surface area contributed by atoms with Crippen LogP contribution in [0.2, 0.25) is 0 Å². The highest BCUT2D eigenvalue weighted by Crippen LogP contribution is 2.33. The zero-order valence-electron chi connectivity index (χ0n) is 11.2. The van der Waals surface area contributed by atoms with E-state index in [9.17, 15) is 0 Å². The van der Waals surface area contributed by atoms with Gasteiger partial charge in [0.25, 0.3) is 0 Å². The fourth-order valence-corrected chi connectivity index (χ4v) is 2.58. The Labute approximate surface area is 105 Å². The number of rotatable bonds is 4. The van der Waals surface area contributed by atoms with Gasteiger partial charge in [0, 0.05) is 24.8 Å². The molecule has 94 valence electrons. The average molecular weight is 232 g/mol. The molecule has 0 saturated heterocycles. The molecular formula is C15H24N2. The Morgan fingerprint density at radius 3 is 2.82 bits per heavy atom. The molecule has 2 rings (SSSR count). The van der Waals surface area contributed by atoms with Gasteiger partial charge < -0.3 is 10.2 Å². The summed E-state index contributed by atoms with van der Waals surface area (Å²) in [5.41, 5.74) is 2.89. The number of nitrogens with one attached hydrogen (secondary N) is 1. The molecule has 1 heterocycles. The first-order chi connectivity index (χ1) is 8.22. The molecule has 0 aromatic heterocycles. The fraction of sp³-hybridized carbons (Fsp3) is 0.600. The zero-order valence-corrected chi connectivity index (χ0v) is 11.2. The molecule has 0 aliphatic carbocycles. The summed E-state index contributed by atoms with van der Waals surface area (Å²) in [6, 6.07) is 9.35. The molecule has 1 aliphatic heterocycles. The number of fused-ring (bicyclic) bond motifs is 1. The van der Waals surface area contributed by atoms with Crippen LogP contribution in [0.3, 0.4) is 0 Å². The van der Waals surface area contributed by atoms with Crippen LogP contribution in [-0.4, -0.2) is 20.1 Å². The third-order valence-electron chi connectivity index (χ3n) is 3.67. The van der Waals surface area contributed by atoms with Gasteiger partial charge >= 0.3 is 0 Å². The van der Waals surface area contributed by atoms with Crippen molar-refractivity contribution in [1.82, 2.24) is 5.32 Å².